The van der Waals surface area contributed by atoms with Crippen LogP contribution in [0.3, 0.4) is 0 Å². The largest absolute Gasteiger partial charge is 0.317 e. The van der Waals surface area contributed by atoms with E-state index in [4.69, 9.17) is 0 Å². The third-order valence-corrected chi connectivity index (χ3v) is 4.47. The Morgan fingerprint density at radius 1 is 1.07 bits per heavy atom. The van der Waals surface area contributed by atoms with Gasteiger partial charge in [0, 0.05) is 35.2 Å². The third-order valence-electron chi connectivity index (χ3n) is 3.62. The highest BCUT2D eigenvalue weighted by atomic mass is 32.2. The molecule has 8 nitrogen and oxygen atoms in total. The zero-order valence-corrected chi connectivity index (χ0v) is 14.7. The molecule has 0 aliphatic carbocycles. The van der Waals surface area contributed by atoms with Crippen molar-refractivity contribution in [1.82, 2.24) is 10.2 Å². The molecule has 0 fully saturated rings. The average molecular weight is 382 g/mol. The Labute approximate surface area is 157 Å². The lowest BCUT2D eigenvalue weighted by Crippen LogP contribution is -2.06. The Hall–Kier alpha value is -3.46. The zero-order chi connectivity index (χ0) is 19.2. The fourth-order valence-electron chi connectivity index (χ4n) is 2.25. The normalized spacial score (nSPS) is 10.4. The van der Waals surface area contributed by atoms with Gasteiger partial charge < -0.3 is 5.32 Å². The van der Waals surface area contributed by atoms with E-state index in [0.717, 1.165) is 22.9 Å². The van der Waals surface area contributed by atoms with Crippen molar-refractivity contribution in [2.75, 3.05) is 5.32 Å². The summed E-state index contributed by atoms with van der Waals surface area (Å²) in [5.74, 6) is 0.406. The molecule has 0 saturated heterocycles. The summed E-state index contributed by atoms with van der Waals surface area (Å²) in [5.41, 5.74) is 2.63. The summed E-state index contributed by atoms with van der Waals surface area (Å²) in [6.07, 6.45) is 0. The molecule has 2 N–H and O–H groups in total. The molecule has 9 heteroatoms. The summed E-state index contributed by atoms with van der Waals surface area (Å²) in [6, 6.07) is 16.2. The lowest BCUT2D eigenvalue weighted by atomic mass is 10.1. The smallest absolute Gasteiger partial charge is 0.283 e. The first-order valence-corrected chi connectivity index (χ1v) is 8.83. The Morgan fingerprint density at radius 2 is 1.78 bits per heavy atom. The maximum absolute atomic E-state index is 12.0. The third kappa shape index (κ3) is 5.02. The quantitative estimate of drug-likeness (QED) is 0.512. The van der Waals surface area contributed by atoms with Crippen molar-refractivity contribution in [3.05, 3.63) is 86.7 Å². The number of thioether (sulfide) groups is 1. The minimum Gasteiger partial charge on any atom is -0.317 e. The number of hydrogen-bond donors (Lipinski definition) is 2. The second-order valence-electron chi connectivity index (χ2n) is 5.51. The molecule has 3 rings (SSSR count). The molecule has 0 saturated carbocycles. The van der Waals surface area contributed by atoms with Crippen LogP contribution in [0.1, 0.15) is 5.56 Å². The van der Waals surface area contributed by atoms with Gasteiger partial charge in [0.15, 0.2) is 0 Å². The molecule has 0 aliphatic rings. The number of anilines is 1. The van der Waals surface area contributed by atoms with Crippen molar-refractivity contribution in [2.45, 2.75) is 5.75 Å². The van der Waals surface area contributed by atoms with Gasteiger partial charge in [0.25, 0.3) is 16.5 Å². The van der Waals surface area contributed by atoms with E-state index in [1.165, 1.54) is 18.2 Å². The van der Waals surface area contributed by atoms with Crippen LogP contribution in [0.2, 0.25) is 0 Å². The van der Waals surface area contributed by atoms with Crippen LogP contribution >= 0.6 is 11.8 Å². The van der Waals surface area contributed by atoms with Crippen LogP contribution in [0.4, 0.5) is 16.2 Å². The maximum atomic E-state index is 12.0. The number of carbonyl (C=O) groups is 1. The topological polar surface area (TPSA) is 118 Å². The summed E-state index contributed by atoms with van der Waals surface area (Å²) in [5, 5.41) is 19.5. The Kier molecular flexibility index (Phi) is 5.62. The Balaban J connectivity index is 1.55. The van der Waals surface area contributed by atoms with E-state index in [-0.39, 0.29) is 16.5 Å². The highest BCUT2D eigenvalue weighted by Gasteiger charge is 2.07. The van der Waals surface area contributed by atoms with E-state index in [0.29, 0.717) is 17.1 Å². The number of aromatic amines is 1. The van der Waals surface area contributed by atoms with E-state index in [1.54, 1.807) is 42.5 Å². The lowest BCUT2D eigenvalue weighted by molar-refractivity contribution is -0.384. The van der Waals surface area contributed by atoms with Gasteiger partial charge in [-0.3, -0.25) is 19.7 Å². The first-order valence-electron chi connectivity index (χ1n) is 7.84. The summed E-state index contributed by atoms with van der Waals surface area (Å²) in [4.78, 5) is 33.3. The van der Waals surface area contributed by atoms with Crippen LogP contribution in [0.15, 0.2) is 65.5 Å². The second-order valence-corrected chi connectivity index (χ2v) is 6.46. The SMILES string of the molecule is O=C(Nc1ccc(-c2ccc(=O)[nH]n2)cc1)SCc1ccc([N+](=O)[O-])cc1. The van der Waals surface area contributed by atoms with E-state index < -0.39 is 4.92 Å². The second kappa shape index (κ2) is 8.28. The van der Waals surface area contributed by atoms with Crippen molar-refractivity contribution in [3.8, 4) is 11.3 Å². The zero-order valence-electron chi connectivity index (χ0n) is 13.9. The predicted molar refractivity (Wildman–Crippen MR) is 104 cm³/mol. The van der Waals surface area contributed by atoms with Crippen molar-refractivity contribution in [1.29, 1.82) is 0 Å². The molecule has 0 spiro atoms. The van der Waals surface area contributed by atoms with Crippen molar-refractivity contribution in [3.63, 3.8) is 0 Å². The molecule has 3 aromatic rings. The Morgan fingerprint density at radius 3 is 2.37 bits per heavy atom. The van der Waals surface area contributed by atoms with Gasteiger partial charge in [-0.1, -0.05) is 36.0 Å². The van der Waals surface area contributed by atoms with E-state index in [2.05, 4.69) is 15.5 Å². The van der Waals surface area contributed by atoms with Crippen LogP contribution in [-0.4, -0.2) is 20.4 Å². The first kappa shape index (κ1) is 18.3. The number of nitro groups is 1. The minimum absolute atomic E-state index is 0.0188. The molecule has 1 aromatic heterocycles. The van der Waals surface area contributed by atoms with Crippen molar-refractivity contribution < 1.29 is 9.72 Å². The van der Waals surface area contributed by atoms with Crippen LogP contribution in [0, 0.1) is 10.1 Å². The van der Waals surface area contributed by atoms with Gasteiger partial charge in [0.1, 0.15) is 0 Å². The number of rotatable bonds is 5. The lowest BCUT2D eigenvalue weighted by Gasteiger charge is -2.06. The molecule has 1 amide bonds. The molecule has 0 unspecified atom stereocenters. The molecule has 1 heterocycles. The van der Waals surface area contributed by atoms with Gasteiger partial charge in [-0.25, -0.2) is 5.10 Å². The number of H-pyrrole nitrogens is 1. The van der Waals surface area contributed by atoms with Gasteiger partial charge in [-0.15, -0.1) is 0 Å². The molecular formula is C18H14N4O4S. The number of nitrogens with zero attached hydrogens (tertiary/aromatic N) is 2. The van der Waals surface area contributed by atoms with Gasteiger partial charge in [0.05, 0.1) is 10.6 Å². The summed E-state index contributed by atoms with van der Waals surface area (Å²) in [6.45, 7) is 0. The van der Waals surface area contributed by atoms with Crippen molar-refractivity contribution in [2.24, 2.45) is 0 Å². The number of aromatic nitrogens is 2. The number of amides is 1. The number of hydrogen-bond acceptors (Lipinski definition) is 6. The van der Waals surface area contributed by atoms with Crippen LogP contribution < -0.4 is 10.9 Å². The van der Waals surface area contributed by atoms with Crippen LogP contribution in [0.25, 0.3) is 11.3 Å². The molecule has 2 aromatic carbocycles. The molecule has 136 valence electrons. The van der Waals surface area contributed by atoms with E-state index in [1.807, 2.05) is 0 Å². The molecule has 27 heavy (non-hydrogen) atoms. The molecular weight excluding hydrogens is 368 g/mol. The number of non-ortho nitro benzene ring substituents is 1. The monoisotopic (exact) mass is 382 g/mol. The molecule has 0 atom stereocenters. The standard InChI is InChI=1S/C18H14N4O4S/c23-17-10-9-16(20-21-17)13-3-5-14(6-4-13)19-18(24)27-11-12-1-7-15(8-2-12)22(25)26/h1-10H,11H2,(H,19,24)(H,21,23). The first-order chi connectivity index (χ1) is 13.0. The van der Waals surface area contributed by atoms with Crippen LogP contribution in [-0.2, 0) is 5.75 Å². The number of benzene rings is 2. The fraction of sp³-hybridized carbons (Fsp3) is 0.0556. The van der Waals surface area contributed by atoms with E-state index >= 15 is 0 Å². The number of carbonyl (C=O) groups excluding carboxylic acids is 1. The average Bonchev–Trinajstić information content (AvgIpc) is 2.68. The van der Waals surface area contributed by atoms with Gasteiger partial charge in [0.2, 0.25) is 0 Å². The highest BCUT2D eigenvalue weighted by Crippen LogP contribution is 2.21. The van der Waals surface area contributed by atoms with Crippen LogP contribution in [0.5, 0.6) is 0 Å². The predicted octanol–water partition coefficient (Wildman–Crippen LogP) is 3.81. The molecule has 0 aliphatic heterocycles. The van der Waals surface area contributed by atoms with Crippen molar-refractivity contribution >= 4 is 28.4 Å². The van der Waals surface area contributed by atoms with Gasteiger partial charge in [-0.05, 0) is 23.8 Å². The fourth-order valence-corrected chi connectivity index (χ4v) is 2.93. The number of nitrogens with one attached hydrogen (secondary N) is 2. The molecule has 0 bridgehead atoms. The van der Waals surface area contributed by atoms with Gasteiger partial charge >= 0.3 is 0 Å². The Bertz CT molecular complexity index is 996. The highest BCUT2D eigenvalue weighted by molar-refractivity contribution is 8.13. The van der Waals surface area contributed by atoms with Gasteiger partial charge in [-0.2, -0.15) is 5.10 Å². The maximum Gasteiger partial charge on any atom is 0.283 e. The molecule has 0 radical (unpaired) electrons. The summed E-state index contributed by atoms with van der Waals surface area (Å²) in [7, 11) is 0. The summed E-state index contributed by atoms with van der Waals surface area (Å²) >= 11 is 1.07. The number of nitro benzene ring substituents is 1. The summed E-state index contributed by atoms with van der Waals surface area (Å²) < 4.78 is 0. The minimum atomic E-state index is -0.462. The van der Waals surface area contributed by atoms with E-state index in [9.17, 15) is 19.7 Å².